The van der Waals surface area contributed by atoms with Gasteiger partial charge in [0.25, 0.3) is 0 Å². The highest BCUT2D eigenvalue weighted by Gasteiger charge is 2.30. The lowest BCUT2D eigenvalue weighted by Gasteiger charge is -2.21. The lowest BCUT2D eigenvalue weighted by Crippen LogP contribution is -2.23. The Morgan fingerprint density at radius 2 is 1.89 bits per heavy atom. The van der Waals surface area contributed by atoms with Gasteiger partial charge in [0, 0.05) is 38.7 Å². The summed E-state index contributed by atoms with van der Waals surface area (Å²) in [5.41, 5.74) is 6.27. The van der Waals surface area contributed by atoms with Crippen LogP contribution in [-0.2, 0) is 9.47 Å². The van der Waals surface area contributed by atoms with Gasteiger partial charge in [-0.2, -0.15) is 0 Å². The fraction of sp³-hybridized carbons (Fsp3) is 0.588. The highest BCUT2D eigenvalue weighted by atomic mass is 127. The smallest absolute Gasteiger partial charge is 0.406 e. The second-order valence-electron chi connectivity index (χ2n) is 5.95. The van der Waals surface area contributed by atoms with Gasteiger partial charge in [-0.05, 0) is 49.4 Å². The highest BCUT2D eigenvalue weighted by Crippen LogP contribution is 2.23. The lowest BCUT2D eigenvalue weighted by atomic mass is 10.0. The first-order chi connectivity index (χ1) is 12.4. The van der Waals surface area contributed by atoms with E-state index in [0.29, 0.717) is 24.8 Å². The van der Waals surface area contributed by atoms with E-state index in [2.05, 4.69) is 15.0 Å². The summed E-state index contributed by atoms with van der Waals surface area (Å²) in [6.45, 7) is 3.47. The molecule has 1 aliphatic heterocycles. The van der Waals surface area contributed by atoms with Gasteiger partial charge in [0.15, 0.2) is 5.96 Å². The molecule has 0 unspecified atom stereocenters. The predicted octanol–water partition coefficient (Wildman–Crippen LogP) is 3.76. The van der Waals surface area contributed by atoms with Gasteiger partial charge in [0.2, 0.25) is 0 Å². The van der Waals surface area contributed by atoms with Crippen LogP contribution in [0, 0.1) is 5.92 Å². The highest BCUT2D eigenvalue weighted by molar-refractivity contribution is 14.0. The first-order valence-corrected chi connectivity index (χ1v) is 8.50. The van der Waals surface area contributed by atoms with Crippen LogP contribution in [0.15, 0.2) is 29.3 Å². The Hall–Kier alpha value is -1.27. The van der Waals surface area contributed by atoms with Gasteiger partial charge < -0.3 is 25.3 Å². The summed E-state index contributed by atoms with van der Waals surface area (Å²) in [5, 5.41) is 2.81. The van der Waals surface area contributed by atoms with E-state index in [1.165, 1.54) is 24.3 Å². The number of nitrogens with two attached hydrogens (primary N) is 1. The first-order valence-electron chi connectivity index (χ1n) is 8.50. The van der Waals surface area contributed by atoms with E-state index >= 15 is 0 Å². The Morgan fingerprint density at radius 3 is 2.52 bits per heavy atom. The molecule has 2 rings (SSSR count). The molecular weight excluding hydrogens is 478 g/mol. The molecule has 1 fully saturated rings. The zero-order valence-electron chi connectivity index (χ0n) is 14.8. The van der Waals surface area contributed by atoms with Crippen molar-refractivity contribution in [3.63, 3.8) is 0 Å². The van der Waals surface area contributed by atoms with Crippen LogP contribution in [0.2, 0.25) is 0 Å². The number of benzene rings is 1. The van der Waals surface area contributed by atoms with Crippen LogP contribution < -0.4 is 15.8 Å². The van der Waals surface area contributed by atoms with Crippen molar-refractivity contribution in [2.75, 3.05) is 38.3 Å². The second kappa shape index (κ2) is 12.2. The lowest BCUT2D eigenvalue weighted by molar-refractivity contribution is -0.274. The number of guanidine groups is 1. The number of hydrogen-bond donors (Lipinski definition) is 2. The molecule has 1 heterocycles. The minimum Gasteiger partial charge on any atom is -0.406 e. The van der Waals surface area contributed by atoms with E-state index < -0.39 is 6.36 Å². The molecule has 0 aliphatic carbocycles. The Bertz CT molecular complexity index is 565. The molecule has 27 heavy (non-hydrogen) atoms. The van der Waals surface area contributed by atoms with Crippen LogP contribution in [0.4, 0.5) is 18.9 Å². The Morgan fingerprint density at radius 1 is 1.22 bits per heavy atom. The number of nitrogens with zero attached hydrogens (tertiary/aromatic N) is 1. The first kappa shape index (κ1) is 23.8. The van der Waals surface area contributed by atoms with E-state index in [9.17, 15) is 13.2 Å². The maximum absolute atomic E-state index is 12.1. The molecule has 1 aromatic carbocycles. The van der Waals surface area contributed by atoms with Gasteiger partial charge in [-0.25, -0.2) is 0 Å². The standard InChI is InChI=1S/C17H24F3N3O3.HI/c18-17(19,20)26-15-4-2-14(3-5-15)23-16(21)22-8-1-9-25-12-13-6-10-24-11-7-13;/h2-5,13H,1,6-12H2,(H3,21,22,23);1H. The molecular formula is C17H25F3IN3O3. The number of aliphatic imine (C=N–C) groups is 1. The van der Waals surface area contributed by atoms with Crippen molar-refractivity contribution in [3.05, 3.63) is 24.3 Å². The van der Waals surface area contributed by atoms with Crippen LogP contribution in [0.5, 0.6) is 5.75 Å². The normalized spacial score (nSPS) is 15.9. The molecule has 0 aromatic heterocycles. The summed E-state index contributed by atoms with van der Waals surface area (Å²) in [6, 6.07) is 5.27. The van der Waals surface area contributed by atoms with E-state index in [-0.39, 0.29) is 35.7 Å². The van der Waals surface area contributed by atoms with Gasteiger partial charge in [-0.1, -0.05) is 0 Å². The Balaban J connectivity index is 0.00000364. The van der Waals surface area contributed by atoms with Gasteiger partial charge in [0.05, 0.1) is 0 Å². The molecule has 0 amide bonds. The number of halogens is 4. The molecule has 0 spiro atoms. The van der Waals surface area contributed by atoms with Crippen molar-refractivity contribution in [2.24, 2.45) is 16.6 Å². The monoisotopic (exact) mass is 503 g/mol. The summed E-state index contributed by atoms with van der Waals surface area (Å²) in [5.74, 6) is 0.474. The maximum atomic E-state index is 12.1. The number of nitrogens with one attached hydrogen (secondary N) is 1. The third-order valence-corrected chi connectivity index (χ3v) is 3.78. The molecule has 1 saturated heterocycles. The van der Waals surface area contributed by atoms with Gasteiger partial charge in [0.1, 0.15) is 5.75 Å². The molecule has 6 nitrogen and oxygen atoms in total. The van der Waals surface area contributed by atoms with E-state index in [4.69, 9.17) is 15.2 Å². The molecule has 1 aliphatic rings. The average Bonchev–Trinajstić information content (AvgIpc) is 2.59. The summed E-state index contributed by atoms with van der Waals surface area (Å²) in [4.78, 5) is 4.16. The third kappa shape index (κ3) is 10.6. The van der Waals surface area contributed by atoms with Crippen molar-refractivity contribution in [1.29, 1.82) is 0 Å². The van der Waals surface area contributed by atoms with Crippen molar-refractivity contribution >= 4 is 35.6 Å². The Labute approximate surface area is 173 Å². The van der Waals surface area contributed by atoms with Crippen molar-refractivity contribution in [1.82, 2.24) is 0 Å². The molecule has 0 bridgehead atoms. The molecule has 1 aromatic rings. The fourth-order valence-electron chi connectivity index (χ4n) is 2.46. The quantitative estimate of drug-likeness (QED) is 0.245. The maximum Gasteiger partial charge on any atom is 0.573 e. The van der Waals surface area contributed by atoms with Gasteiger partial charge in [-0.3, -0.25) is 4.99 Å². The fourth-order valence-corrected chi connectivity index (χ4v) is 2.46. The largest absolute Gasteiger partial charge is 0.573 e. The second-order valence-corrected chi connectivity index (χ2v) is 5.95. The molecule has 154 valence electrons. The van der Waals surface area contributed by atoms with E-state index in [0.717, 1.165) is 39.1 Å². The SMILES string of the molecule is I.NC(=NCCCOCC1CCOCC1)Nc1ccc(OC(F)(F)F)cc1. The summed E-state index contributed by atoms with van der Waals surface area (Å²) < 4.78 is 51.0. The van der Waals surface area contributed by atoms with Gasteiger partial charge in [-0.15, -0.1) is 37.1 Å². The number of alkyl halides is 3. The van der Waals surface area contributed by atoms with Crippen LogP contribution in [0.3, 0.4) is 0 Å². The van der Waals surface area contributed by atoms with Crippen LogP contribution >= 0.6 is 24.0 Å². The van der Waals surface area contributed by atoms with E-state index in [1.54, 1.807) is 0 Å². The van der Waals surface area contributed by atoms with E-state index in [1.807, 2.05) is 0 Å². The van der Waals surface area contributed by atoms with Crippen molar-refractivity contribution in [3.8, 4) is 5.75 Å². The summed E-state index contributed by atoms with van der Waals surface area (Å²) >= 11 is 0. The summed E-state index contributed by atoms with van der Waals surface area (Å²) in [6.07, 6.45) is -1.88. The molecule has 0 saturated carbocycles. The Kier molecular flexibility index (Phi) is 10.8. The van der Waals surface area contributed by atoms with Crippen LogP contribution in [0.1, 0.15) is 19.3 Å². The number of ether oxygens (including phenoxy) is 3. The van der Waals surface area contributed by atoms with Crippen LogP contribution in [-0.4, -0.2) is 45.3 Å². The molecule has 0 atom stereocenters. The predicted molar refractivity (Wildman–Crippen MR) is 108 cm³/mol. The summed E-state index contributed by atoms with van der Waals surface area (Å²) in [7, 11) is 0. The average molecular weight is 503 g/mol. The number of anilines is 1. The number of hydrogen-bond acceptors (Lipinski definition) is 4. The third-order valence-electron chi connectivity index (χ3n) is 3.78. The zero-order valence-corrected chi connectivity index (χ0v) is 17.2. The molecule has 10 heteroatoms. The minimum atomic E-state index is -4.71. The van der Waals surface area contributed by atoms with Crippen LogP contribution in [0.25, 0.3) is 0 Å². The zero-order chi connectivity index (χ0) is 18.8. The molecule has 3 N–H and O–H groups in total. The molecule has 0 radical (unpaired) electrons. The van der Waals surface area contributed by atoms with Gasteiger partial charge >= 0.3 is 6.36 Å². The number of rotatable bonds is 8. The van der Waals surface area contributed by atoms with Crippen molar-refractivity contribution in [2.45, 2.75) is 25.6 Å². The topological polar surface area (TPSA) is 78.1 Å². The minimum absolute atomic E-state index is 0. The van der Waals surface area contributed by atoms with Crippen molar-refractivity contribution < 1.29 is 27.4 Å².